The molecule has 0 saturated carbocycles. The Hall–Kier alpha value is -4.72. The van der Waals surface area contributed by atoms with E-state index in [0.29, 0.717) is 16.8 Å². The van der Waals surface area contributed by atoms with Gasteiger partial charge in [0.05, 0.1) is 0 Å². The summed E-state index contributed by atoms with van der Waals surface area (Å²) in [7, 11) is 0. The molecule has 3 aromatic carbocycles. The summed E-state index contributed by atoms with van der Waals surface area (Å²) in [6, 6.07) is 20.4. The molecule has 0 saturated heterocycles. The molecule has 0 bridgehead atoms. The first-order chi connectivity index (χ1) is 16.0. The first-order valence-electron chi connectivity index (χ1n) is 10.2. The molecule has 0 amide bonds. The molecule has 0 radical (unpaired) electrons. The predicted octanol–water partition coefficient (Wildman–Crippen LogP) is 4.41. The van der Waals surface area contributed by atoms with E-state index < -0.39 is 5.97 Å². The van der Waals surface area contributed by atoms with Gasteiger partial charge in [-0.2, -0.15) is 0 Å². The van der Waals surface area contributed by atoms with Gasteiger partial charge in [0.2, 0.25) is 0 Å². The Bertz CT molecular complexity index is 1530. The zero-order valence-corrected chi connectivity index (χ0v) is 17.4. The predicted molar refractivity (Wildman–Crippen MR) is 125 cm³/mol. The molecule has 5 rings (SSSR count). The van der Waals surface area contributed by atoms with Crippen molar-refractivity contribution < 1.29 is 14.6 Å². The number of rotatable bonds is 6. The summed E-state index contributed by atoms with van der Waals surface area (Å²) >= 11 is 0. The van der Waals surface area contributed by atoms with Crippen molar-refractivity contribution in [2.45, 2.75) is 6.54 Å². The second kappa shape index (κ2) is 8.08. The summed E-state index contributed by atoms with van der Waals surface area (Å²) in [5.41, 5.74) is 7.90. The highest BCUT2D eigenvalue weighted by Gasteiger charge is 2.17. The van der Waals surface area contributed by atoms with Gasteiger partial charge in [0.1, 0.15) is 17.3 Å². The minimum Gasteiger partial charge on any atom is -0.477 e. The fourth-order valence-electron chi connectivity index (χ4n) is 3.93. The fourth-order valence-corrected chi connectivity index (χ4v) is 3.93. The molecule has 0 aliphatic rings. The number of carboxylic acid groups (broad SMARTS) is 1. The van der Waals surface area contributed by atoms with Crippen molar-refractivity contribution in [3.8, 4) is 11.8 Å². The van der Waals surface area contributed by atoms with Crippen LogP contribution in [0.3, 0.4) is 0 Å². The number of carboxylic acids is 1. The van der Waals surface area contributed by atoms with Gasteiger partial charge < -0.3 is 20.1 Å². The zero-order chi connectivity index (χ0) is 22.9. The van der Waals surface area contributed by atoms with Gasteiger partial charge in [0.25, 0.3) is 0 Å². The number of nitrogens with one attached hydrogen (secondary N) is 1. The Kier molecular flexibility index (Phi) is 4.95. The van der Waals surface area contributed by atoms with Gasteiger partial charge in [-0.15, -0.1) is 0 Å². The molecule has 0 fully saturated rings. The minimum absolute atomic E-state index is 0.0785. The lowest BCUT2D eigenvalue weighted by molar-refractivity contribution is 0.0686. The Morgan fingerprint density at radius 1 is 1.00 bits per heavy atom. The molecule has 2 heterocycles. The van der Waals surface area contributed by atoms with Crippen molar-refractivity contribution in [3.63, 3.8) is 0 Å². The average Bonchev–Trinajstić information content (AvgIpc) is 3.18. The van der Waals surface area contributed by atoms with Gasteiger partial charge in [-0.3, -0.25) is 5.41 Å². The van der Waals surface area contributed by atoms with Crippen molar-refractivity contribution >= 4 is 33.5 Å². The summed E-state index contributed by atoms with van der Waals surface area (Å²) in [5, 5.41) is 20.3. The maximum atomic E-state index is 12.0. The van der Waals surface area contributed by atoms with Crippen LogP contribution in [0.4, 0.5) is 0 Å². The number of nitrogens with zero attached hydrogens (tertiary/aromatic N) is 3. The molecule has 162 valence electrons. The van der Waals surface area contributed by atoms with Gasteiger partial charge in [-0.25, -0.2) is 14.8 Å². The van der Waals surface area contributed by atoms with Crippen molar-refractivity contribution in [3.05, 3.63) is 95.9 Å². The lowest BCUT2D eigenvalue weighted by Crippen LogP contribution is -2.12. The molecule has 0 aliphatic carbocycles. The highest BCUT2D eigenvalue weighted by atomic mass is 16.5. The topological polar surface area (TPSA) is 127 Å². The SMILES string of the molecule is N=C(N)c1ccc2cc(C(=O)O)n(Cc3cc(Oc4ncccn4)cc4ccccc34)c2c1. The third-order valence-electron chi connectivity index (χ3n) is 5.44. The number of hydrogen-bond acceptors (Lipinski definition) is 5. The van der Waals surface area contributed by atoms with Gasteiger partial charge in [-0.1, -0.05) is 36.4 Å². The molecule has 8 nitrogen and oxygen atoms in total. The molecular weight excluding hydrogens is 418 g/mol. The number of amidine groups is 1. The summed E-state index contributed by atoms with van der Waals surface area (Å²) in [5.74, 6) is -0.567. The van der Waals surface area contributed by atoms with Crippen LogP contribution in [0.1, 0.15) is 21.6 Å². The first-order valence-corrected chi connectivity index (χ1v) is 10.2. The van der Waals surface area contributed by atoms with Crippen molar-refractivity contribution in [1.29, 1.82) is 5.41 Å². The van der Waals surface area contributed by atoms with Gasteiger partial charge >= 0.3 is 12.0 Å². The molecule has 5 aromatic rings. The quantitative estimate of drug-likeness (QED) is 0.267. The molecule has 8 heteroatoms. The largest absolute Gasteiger partial charge is 0.477 e. The van der Waals surface area contributed by atoms with Crippen LogP contribution in [0, 0.1) is 5.41 Å². The molecule has 0 spiro atoms. The van der Waals surface area contributed by atoms with Crippen LogP contribution in [0.2, 0.25) is 0 Å². The smallest absolute Gasteiger partial charge is 0.352 e. The number of ether oxygens (including phenoxy) is 1. The monoisotopic (exact) mass is 437 g/mol. The fraction of sp³-hybridized carbons (Fsp3) is 0.0400. The van der Waals surface area contributed by atoms with Crippen LogP contribution < -0.4 is 10.5 Å². The molecule has 4 N–H and O–H groups in total. The Morgan fingerprint density at radius 2 is 1.79 bits per heavy atom. The van der Waals surface area contributed by atoms with E-state index >= 15 is 0 Å². The Morgan fingerprint density at radius 3 is 2.55 bits per heavy atom. The third kappa shape index (κ3) is 3.85. The van der Waals surface area contributed by atoms with Crippen LogP contribution in [0.5, 0.6) is 11.8 Å². The highest BCUT2D eigenvalue weighted by molar-refractivity contribution is 6.01. The highest BCUT2D eigenvalue weighted by Crippen LogP contribution is 2.30. The average molecular weight is 437 g/mol. The Labute approximate surface area is 188 Å². The van der Waals surface area contributed by atoms with E-state index in [4.69, 9.17) is 15.9 Å². The maximum absolute atomic E-state index is 12.0. The van der Waals surface area contributed by atoms with E-state index in [1.165, 1.54) is 0 Å². The zero-order valence-electron chi connectivity index (χ0n) is 17.4. The summed E-state index contributed by atoms with van der Waals surface area (Å²) in [4.78, 5) is 20.3. The number of aromatic carboxylic acids is 1. The van der Waals surface area contributed by atoms with Gasteiger partial charge in [0, 0.05) is 35.4 Å². The van der Waals surface area contributed by atoms with Crippen LogP contribution in [-0.4, -0.2) is 31.4 Å². The van der Waals surface area contributed by atoms with E-state index in [1.54, 1.807) is 47.3 Å². The van der Waals surface area contributed by atoms with E-state index in [0.717, 1.165) is 21.7 Å². The van der Waals surface area contributed by atoms with Crippen LogP contribution in [-0.2, 0) is 6.54 Å². The number of benzene rings is 3. The normalized spacial score (nSPS) is 11.0. The maximum Gasteiger partial charge on any atom is 0.352 e. The first kappa shape index (κ1) is 20.2. The molecule has 33 heavy (non-hydrogen) atoms. The van der Waals surface area contributed by atoms with E-state index in [2.05, 4.69) is 9.97 Å². The lowest BCUT2D eigenvalue weighted by atomic mass is 10.0. The summed E-state index contributed by atoms with van der Waals surface area (Å²) in [6.45, 7) is 0.278. The molecule has 0 unspecified atom stereocenters. The summed E-state index contributed by atoms with van der Waals surface area (Å²) in [6.07, 6.45) is 3.20. The number of hydrogen-bond donors (Lipinski definition) is 3. The van der Waals surface area contributed by atoms with Crippen molar-refractivity contribution in [1.82, 2.24) is 14.5 Å². The number of carbonyl (C=O) groups is 1. The van der Waals surface area contributed by atoms with E-state index in [-0.39, 0.29) is 24.1 Å². The molecule has 2 aromatic heterocycles. The number of nitrogen functional groups attached to an aromatic ring is 1. The van der Waals surface area contributed by atoms with Crippen molar-refractivity contribution in [2.75, 3.05) is 0 Å². The van der Waals surface area contributed by atoms with E-state index in [1.807, 2.05) is 36.4 Å². The lowest BCUT2D eigenvalue weighted by Gasteiger charge is -2.14. The van der Waals surface area contributed by atoms with Crippen LogP contribution in [0.25, 0.3) is 21.7 Å². The third-order valence-corrected chi connectivity index (χ3v) is 5.44. The van der Waals surface area contributed by atoms with E-state index in [9.17, 15) is 9.90 Å². The van der Waals surface area contributed by atoms with Crippen LogP contribution in [0.15, 0.2) is 79.1 Å². The number of fused-ring (bicyclic) bond motifs is 2. The molecular formula is C25H19N5O3. The number of nitrogens with two attached hydrogens (primary N) is 1. The minimum atomic E-state index is -1.04. The standard InChI is InChI=1S/C25H19N5O3/c26-23(27)17-7-6-16-12-22(24(31)32)30(21(16)13-17)14-18-11-19(33-25-28-8-3-9-29-25)10-15-4-1-2-5-20(15)18/h1-13H,14H2,(H3,26,27)(H,31,32). The van der Waals surface area contributed by atoms with Crippen LogP contribution >= 0.6 is 0 Å². The molecule has 0 aliphatic heterocycles. The second-order valence-corrected chi connectivity index (χ2v) is 7.55. The van der Waals surface area contributed by atoms with Gasteiger partial charge in [0.15, 0.2) is 0 Å². The van der Waals surface area contributed by atoms with Crippen molar-refractivity contribution in [2.24, 2.45) is 5.73 Å². The second-order valence-electron chi connectivity index (χ2n) is 7.55. The van der Waals surface area contributed by atoms with Gasteiger partial charge in [-0.05, 0) is 46.7 Å². The molecule has 0 atom stereocenters. The Balaban J connectivity index is 1.67. The summed E-state index contributed by atoms with van der Waals surface area (Å²) < 4.78 is 7.59. The number of aromatic nitrogens is 3.